The summed E-state index contributed by atoms with van der Waals surface area (Å²) in [7, 11) is 0. The zero-order chi connectivity index (χ0) is 12.6. The van der Waals surface area contributed by atoms with Gasteiger partial charge in [-0.05, 0) is 61.1 Å². The van der Waals surface area contributed by atoms with Crippen LogP contribution in [0, 0.1) is 11.3 Å². The van der Waals surface area contributed by atoms with Crippen LogP contribution in [0.3, 0.4) is 0 Å². The molecule has 2 unspecified atom stereocenters. The van der Waals surface area contributed by atoms with Crippen LogP contribution in [0.4, 0.5) is 0 Å². The molecule has 1 heterocycles. The van der Waals surface area contributed by atoms with Gasteiger partial charge in [-0.1, -0.05) is 38.1 Å². The first-order valence-electron chi connectivity index (χ1n) is 7.50. The lowest BCUT2D eigenvalue weighted by Gasteiger charge is -2.40. The summed E-state index contributed by atoms with van der Waals surface area (Å²) in [6, 6.07) is 9.81. The van der Waals surface area contributed by atoms with Crippen molar-refractivity contribution in [3.63, 3.8) is 0 Å². The zero-order valence-corrected chi connectivity index (χ0v) is 11.7. The Balaban J connectivity index is 1.84. The highest BCUT2D eigenvalue weighted by atomic mass is 15.0. The van der Waals surface area contributed by atoms with Gasteiger partial charge in [0.1, 0.15) is 0 Å². The van der Waals surface area contributed by atoms with Gasteiger partial charge < -0.3 is 5.32 Å². The van der Waals surface area contributed by atoms with Crippen molar-refractivity contribution in [3.05, 3.63) is 35.4 Å². The highest BCUT2D eigenvalue weighted by molar-refractivity contribution is 5.32. The first-order valence-corrected chi connectivity index (χ1v) is 7.50. The lowest BCUT2D eigenvalue weighted by Crippen LogP contribution is -2.41. The van der Waals surface area contributed by atoms with Crippen LogP contribution in [0.2, 0.25) is 0 Å². The standard InChI is InChI=1S/C17H25N/c1-13(2)11-16-17(9-10-18-16)8-7-14-5-3-4-6-15(14)12-17/h3-6,13,16,18H,7-12H2,1-2H3. The van der Waals surface area contributed by atoms with Crippen molar-refractivity contribution in [1.29, 1.82) is 0 Å². The van der Waals surface area contributed by atoms with Crippen LogP contribution in [-0.4, -0.2) is 12.6 Å². The van der Waals surface area contributed by atoms with Crippen molar-refractivity contribution >= 4 is 0 Å². The van der Waals surface area contributed by atoms with Crippen LogP contribution in [0.5, 0.6) is 0 Å². The predicted molar refractivity (Wildman–Crippen MR) is 76.8 cm³/mol. The Morgan fingerprint density at radius 3 is 2.78 bits per heavy atom. The van der Waals surface area contributed by atoms with Gasteiger partial charge in [0.05, 0.1) is 0 Å². The lowest BCUT2D eigenvalue weighted by atomic mass is 9.66. The van der Waals surface area contributed by atoms with E-state index in [9.17, 15) is 0 Å². The number of aryl methyl sites for hydroxylation is 1. The van der Waals surface area contributed by atoms with Gasteiger partial charge in [-0.25, -0.2) is 0 Å². The van der Waals surface area contributed by atoms with Crippen molar-refractivity contribution < 1.29 is 0 Å². The van der Waals surface area contributed by atoms with E-state index >= 15 is 0 Å². The third-order valence-electron chi connectivity index (χ3n) is 5.01. The molecule has 98 valence electrons. The molecule has 3 rings (SSSR count). The largest absolute Gasteiger partial charge is 0.313 e. The maximum Gasteiger partial charge on any atom is 0.0130 e. The molecular weight excluding hydrogens is 218 g/mol. The highest BCUT2D eigenvalue weighted by Gasteiger charge is 2.44. The molecule has 2 atom stereocenters. The van der Waals surface area contributed by atoms with E-state index in [0.717, 1.165) is 12.0 Å². The van der Waals surface area contributed by atoms with Crippen LogP contribution in [-0.2, 0) is 12.8 Å². The lowest BCUT2D eigenvalue weighted by molar-refractivity contribution is 0.191. The van der Waals surface area contributed by atoms with E-state index < -0.39 is 0 Å². The number of hydrogen-bond acceptors (Lipinski definition) is 1. The summed E-state index contributed by atoms with van der Waals surface area (Å²) in [4.78, 5) is 0. The zero-order valence-electron chi connectivity index (χ0n) is 11.7. The number of hydrogen-bond donors (Lipinski definition) is 1. The Labute approximate surface area is 111 Å². The average Bonchev–Trinajstić information content (AvgIpc) is 2.71. The van der Waals surface area contributed by atoms with Gasteiger partial charge in [-0.3, -0.25) is 0 Å². The van der Waals surface area contributed by atoms with Crippen molar-refractivity contribution in [2.24, 2.45) is 11.3 Å². The molecule has 1 saturated heterocycles. The van der Waals surface area contributed by atoms with Gasteiger partial charge in [0, 0.05) is 6.04 Å². The van der Waals surface area contributed by atoms with Crippen LogP contribution >= 0.6 is 0 Å². The van der Waals surface area contributed by atoms with Gasteiger partial charge in [0.25, 0.3) is 0 Å². The molecule has 1 aliphatic heterocycles. The second kappa shape index (κ2) is 4.70. The van der Waals surface area contributed by atoms with Crippen molar-refractivity contribution in [2.75, 3.05) is 6.54 Å². The molecule has 1 aromatic rings. The SMILES string of the molecule is CC(C)CC1NCCC12CCc1ccccc1C2. The molecule has 0 aromatic heterocycles. The van der Waals surface area contributed by atoms with Gasteiger partial charge >= 0.3 is 0 Å². The molecule has 1 N–H and O–H groups in total. The molecule has 0 saturated carbocycles. The summed E-state index contributed by atoms with van der Waals surface area (Å²) < 4.78 is 0. The number of nitrogens with one attached hydrogen (secondary N) is 1. The molecule has 1 aliphatic carbocycles. The third kappa shape index (κ3) is 2.09. The van der Waals surface area contributed by atoms with Crippen molar-refractivity contribution in [3.8, 4) is 0 Å². The predicted octanol–water partition coefficient (Wildman–Crippen LogP) is 3.57. The summed E-state index contributed by atoms with van der Waals surface area (Å²) in [6.07, 6.45) is 6.68. The van der Waals surface area contributed by atoms with E-state index in [1.54, 1.807) is 11.1 Å². The Morgan fingerprint density at radius 2 is 2.00 bits per heavy atom. The van der Waals surface area contributed by atoms with Crippen LogP contribution in [0.1, 0.15) is 44.2 Å². The van der Waals surface area contributed by atoms with E-state index in [2.05, 4.69) is 43.4 Å². The third-order valence-corrected chi connectivity index (χ3v) is 5.01. The summed E-state index contributed by atoms with van der Waals surface area (Å²) in [5.41, 5.74) is 3.76. The molecule has 18 heavy (non-hydrogen) atoms. The molecule has 1 heteroatoms. The summed E-state index contributed by atoms with van der Waals surface area (Å²) in [5.74, 6) is 0.801. The van der Waals surface area contributed by atoms with E-state index in [1.165, 1.54) is 38.6 Å². The summed E-state index contributed by atoms with van der Waals surface area (Å²) in [5, 5.41) is 3.78. The second-order valence-electron chi connectivity index (χ2n) is 6.69. The Morgan fingerprint density at radius 1 is 1.22 bits per heavy atom. The molecule has 0 amide bonds. The fourth-order valence-electron chi connectivity index (χ4n) is 4.03. The smallest absolute Gasteiger partial charge is 0.0130 e. The minimum atomic E-state index is 0.554. The highest BCUT2D eigenvalue weighted by Crippen LogP contribution is 2.45. The van der Waals surface area contributed by atoms with Crippen LogP contribution < -0.4 is 5.32 Å². The fourth-order valence-corrected chi connectivity index (χ4v) is 4.03. The number of fused-ring (bicyclic) bond motifs is 1. The van der Waals surface area contributed by atoms with E-state index in [1.807, 2.05) is 0 Å². The van der Waals surface area contributed by atoms with Crippen LogP contribution in [0.25, 0.3) is 0 Å². The quantitative estimate of drug-likeness (QED) is 0.837. The second-order valence-corrected chi connectivity index (χ2v) is 6.69. The molecule has 0 radical (unpaired) electrons. The van der Waals surface area contributed by atoms with Crippen molar-refractivity contribution in [2.45, 2.75) is 52.0 Å². The van der Waals surface area contributed by atoms with Gasteiger partial charge in [-0.2, -0.15) is 0 Å². The van der Waals surface area contributed by atoms with Crippen LogP contribution in [0.15, 0.2) is 24.3 Å². The molecule has 2 aliphatic rings. The Hall–Kier alpha value is -0.820. The van der Waals surface area contributed by atoms with Gasteiger partial charge in [0.15, 0.2) is 0 Å². The Bertz CT molecular complexity index is 423. The Kier molecular flexibility index (Phi) is 3.19. The fraction of sp³-hybridized carbons (Fsp3) is 0.647. The number of benzene rings is 1. The summed E-state index contributed by atoms with van der Waals surface area (Å²) >= 11 is 0. The molecule has 0 bridgehead atoms. The van der Waals surface area contributed by atoms with Crippen molar-refractivity contribution in [1.82, 2.24) is 5.32 Å². The first kappa shape index (κ1) is 12.2. The maximum absolute atomic E-state index is 3.78. The monoisotopic (exact) mass is 243 g/mol. The topological polar surface area (TPSA) is 12.0 Å². The molecule has 1 fully saturated rings. The normalized spacial score (nSPS) is 30.9. The minimum absolute atomic E-state index is 0.554. The molecule has 1 aromatic carbocycles. The summed E-state index contributed by atoms with van der Waals surface area (Å²) in [6.45, 7) is 5.93. The first-order chi connectivity index (χ1) is 8.70. The minimum Gasteiger partial charge on any atom is -0.313 e. The van der Waals surface area contributed by atoms with E-state index in [4.69, 9.17) is 0 Å². The molecule has 1 nitrogen and oxygen atoms in total. The number of rotatable bonds is 2. The molecular formula is C17H25N. The van der Waals surface area contributed by atoms with E-state index in [-0.39, 0.29) is 0 Å². The average molecular weight is 243 g/mol. The van der Waals surface area contributed by atoms with Gasteiger partial charge in [0.2, 0.25) is 0 Å². The maximum atomic E-state index is 3.78. The van der Waals surface area contributed by atoms with E-state index in [0.29, 0.717) is 5.41 Å². The molecule has 1 spiro atoms. The van der Waals surface area contributed by atoms with Gasteiger partial charge in [-0.15, -0.1) is 0 Å².